The Bertz CT molecular complexity index is 881. The van der Waals surface area contributed by atoms with Gasteiger partial charge >= 0.3 is 6.92 Å². The van der Waals surface area contributed by atoms with Gasteiger partial charge in [0.1, 0.15) is 0 Å². The molecule has 0 radical (unpaired) electrons. The lowest BCUT2D eigenvalue weighted by atomic mass is 9.54. The van der Waals surface area contributed by atoms with Crippen molar-refractivity contribution in [3.8, 4) is 0 Å². The Hall–Kier alpha value is -2.72. The number of pyridine rings is 2. The highest BCUT2D eigenvalue weighted by molar-refractivity contribution is 6.82. The topological polar surface area (TPSA) is 46.0 Å². The van der Waals surface area contributed by atoms with Gasteiger partial charge < -0.3 is 5.02 Å². The maximum Gasteiger partial charge on any atom is 0.360 e. The van der Waals surface area contributed by atoms with Gasteiger partial charge in [-0.1, -0.05) is 36.4 Å². The largest absolute Gasteiger partial charge is 0.443 e. The summed E-state index contributed by atoms with van der Waals surface area (Å²) >= 11 is 0. The van der Waals surface area contributed by atoms with Crippen molar-refractivity contribution in [2.45, 2.75) is 0 Å². The molecule has 0 amide bonds. The molecule has 3 nitrogen and oxygen atoms in total. The van der Waals surface area contributed by atoms with Crippen LogP contribution in [0, 0.1) is 0 Å². The van der Waals surface area contributed by atoms with Crippen molar-refractivity contribution in [2.75, 3.05) is 0 Å². The molecule has 0 saturated carbocycles. The number of para-hydroxylation sites is 2. The van der Waals surface area contributed by atoms with Gasteiger partial charge in [-0.25, -0.2) is 0 Å². The second-order valence-electron chi connectivity index (χ2n) is 5.24. The van der Waals surface area contributed by atoms with Gasteiger partial charge in [-0.2, -0.15) is 0 Å². The van der Waals surface area contributed by atoms with Crippen molar-refractivity contribution in [1.29, 1.82) is 0 Å². The van der Waals surface area contributed by atoms with E-state index < -0.39 is 6.92 Å². The Kier molecular flexibility index (Phi) is 3.09. The second kappa shape index (κ2) is 5.24. The lowest BCUT2D eigenvalue weighted by molar-refractivity contribution is 0.601. The monoisotopic (exact) mass is 284 g/mol. The molecule has 0 fully saturated rings. The van der Waals surface area contributed by atoms with Crippen LogP contribution in [-0.2, 0) is 0 Å². The van der Waals surface area contributed by atoms with Crippen LogP contribution in [0.4, 0.5) is 0 Å². The van der Waals surface area contributed by atoms with E-state index >= 15 is 0 Å². The Balaban J connectivity index is 1.94. The molecule has 2 aromatic heterocycles. The summed E-state index contributed by atoms with van der Waals surface area (Å²) in [5.74, 6) is 0. The standard InChI is InChI=1S/C18H13BN2O/c22-19(15-9-11-20-17-7-3-1-5-13(15)17)16-10-12-21-18-8-4-2-6-14(16)18/h1-12,22H. The predicted molar refractivity (Wildman–Crippen MR) is 90.7 cm³/mol. The molecular formula is C18H13BN2O. The zero-order valence-electron chi connectivity index (χ0n) is 11.8. The zero-order valence-corrected chi connectivity index (χ0v) is 11.8. The van der Waals surface area contributed by atoms with Gasteiger partial charge in [0.2, 0.25) is 0 Å². The van der Waals surface area contributed by atoms with Crippen LogP contribution in [0.1, 0.15) is 0 Å². The third-order valence-corrected chi connectivity index (χ3v) is 3.95. The summed E-state index contributed by atoms with van der Waals surface area (Å²) in [7, 11) is 0. The molecule has 22 heavy (non-hydrogen) atoms. The average Bonchev–Trinajstić information content (AvgIpc) is 2.60. The van der Waals surface area contributed by atoms with Crippen LogP contribution in [0.25, 0.3) is 21.8 Å². The Labute approximate surface area is 128 Å². The second-order valence-corrected chi connectivity index (χ2v) is 5.24. The molecule has 0 aliphatic carbocycles. The minimum Gasteiger partial charge on any atom is -0.443 e. The molecule has 0 bridgehead atoms. The summed E-state index contributed by atoms with van der Waals surface area (Å²) in [4.78, 5) is 8.71. The summed E-state index contributed by atoms with van der Waals surface area (Å²) in [5, 5.41) is 12.9. The van der Waals surface area contributed by atoms with Gasteiger partial charge in [-0.15, -0.1) is 0 Å². The van der Waals surface area contributed by atoms with Crippen LogP contribution in [0.3, 0.4) is 0 Å². The number of rotatable bonds is 2. The average molecular weight is 284 g/mol. The van der Waals surface area contributed by atoms with Gasteiger partial charge in [0, 0.05) is 12.4 Å². The van der Waals surface area contributed by atoms with E-state index in [1.54, 1.807) is 12.4 Å². The molecule has 0 spiro atoms. The van der Waals surface area contributed by atoms with Crippen LogP contribution in [0.2, 0.25) is 0 Å². The van der Waals surface area contributed by atoms with Crippen LogP contribution in [-0.4, -0.2) is 21.9 Å². The predicted octanol–water partition coefficient (Wildman–Crippen LogP) is 1.88. The summed E-state index contributed by atoms with van der Waals surface area (Å²) in [6.45, 7) is -0.708. The molecule has 0 unspecified atom stereocenters. The first-order valence-corrected chi connectivity index (χ1v) is 7.20. The Morgan fingerprint density at radius 3 is 1.59 bits per heavy atom. The highest BCUT2D eigenvalue weighted by Gasteiger charge is 2.21. The number of fused-ring (bicyclic) bond motifs is 2. The summed E-state index contributed by atoms with van der Waals surface area (Å²) in [6.07, 6.45) is 3.48. The molecule has 4 heteroatoms. The van der Waals surface area contributed by atoms with Gasteiger partial charge in [0.15, 0.2) is 0 Å². The lowest BCUT2D eigenvalue weighted by Gasteiger charge is -2.12. The smallest absolute Gasteiger partial charge is 0.360 e. The van der Waals surface area contributed by atoms with Gasteiger partial charge in [0.05, 0.1) is 11.0 Å². The van der Waals surface area contributed by atoms with E-state index in [-0.39, 0.29) is 0 Å². The van der Waals surface area contributed by atoms with Gasteiger partial charge in [0.25, 0.3) is 0 Å². The van der Waals surface area contributed by atoms with Crippen LogP contribution in [0.5, 0.6) is 0 Å². The number of aromatic nitrogens is 2. The zero-order chi connectivity index (χ0) is 14.9. The number of benzene rings is 2. The first kappa shape index (κ1) is 13.0. The van der Waals surface area contributed by atoms with E-state index in [0.29, 0.717) is 0 Å². The van der Waals surface area contributed by atoms with Crippen molar-refractivity contribution in [3.05, 3.63) is 73.1 Å². The van der Waals surface area contributed by atoms with E-state index in [1.807, 2.05) is 60.7 Å². The third kappa shape index (κ3) is 2.05. The normalized spacial score (nSPS) is 11.0. The number of hydrogen-bond acceptors (Lipinski definition) is 3. The molecule has 2 aromatic carbocycles. The minimum absolute atomic E-state index is 0.708. The molecule has 4 aromatic rings. The van der Waals surface area contributed by atoms with E-state index in [1.165, 1.54) is 0 Å². The molecule has 4 rings (SSSR count). The van der Waals surface area contributed by atoms with E-state index in [0.717, 1.165) is 32.7 Å². The summed E-state index contributed by atoms with van der Waals surface area (Å²) < 4.78 is 0. The minimum atomic E-state index is -0.708. The number of hydrogen-bond donors (Lipinski definition) is 1. The van der Waals surface area contributed by atoms with Crippen LogP contribution in [0.15, 0.2) is 73.1 Å². The SMILES string of the molecule is OB(c1ccnc2ccccc12)c1ccnc2ccccc12. The maximum atomic E-state index is 10.9. The van der Waals surface area contributed by atoms with E-state index in [9.17, 15) is 5.02 Å². The molecule has 104 valence electrons. The Morgan fingerprint density at radius 1 is 0.636 bits per heavy atom. The molecule has 2 heterocycles. The molecule has 0 aliphatic rings. The highest BCUT2D eigenvalue weighted by atomic mass is 16.2. The van der Waals surface area contributed by atoms with E-state index in [4.69, 9.17) is 0 Å². The van der Waals surface area contributed by atoms with Crippen molar-refractivity contribution in [1.82, 2.24) is 9.97 Å². The first-order chi connectivity index (χ1) is 10.8. The Morgan fingerprint density at radius 2 is 1.09 bits per heavy atom. The van der Waals surface area contributed by atoms with Crippen LogP contribution >= 0.6 is 0 Å². The van der Waals surface area contributed by atoms with Crippen molar-refractivity contribution in [3.63, 3.8) is 0 Å². The maximum absolute atomic E-state index is 10.9. The fraction of sp³-hybridized carbons (Fsp3) is 0. The fourth-order valence-electron chi connectivity index (χ4n) is 2.88. The van der Waals surface area contributed by atoms with Crippen molar-refractivity contribution < 1.29 is 5.02 Å². The fourth-order valence-corrected chi connectivity index (χ4v) is 2.88. The molecular weight excluding hydrogens is 271 g/mol. The van der Waals surface area contributed by atoms with E-state index in [2.05, 4.69) is 9.97 Å². The quantitative estimate of drug-likeness (QED) is 0.572. The lowest BCUT2D eigenvalue weighted by Crippen LogP contribution is -2.43. The van der Waals surface area contributed by atoms with Crippen molar-refractivity contribution in [2.24, 2.45) is 0 Å². The third-order valence-electron chi connectivity index (χ3n) is 3.95. The van der Waals surface area contributed by atoms with Crippen LogP contribution < -0.4 is 10.9 Å². The number of nitrogens with zero attached hydrogens (tertiary/aromatic N) is 2. The summed E-state index contributed by atoms with van der Waals surface area (Å²) in [6, 6.07) is 19.5. The molecule has 1 N–H and O–H groups in total. The highest BCUT2D eigenvalue weighted by Crippen LogP contribution is 2.11. The first-order valence-electron chi connectivity index (χ1n) is 7.20. The molecule has 0 saturated heterocycles. The molecule has 0 aliphatic heterocycles. The van der Waals surface area contributed by atoms with Gasteiger partial charge in [-0.3, -0.25) is 9.97 Å². The van der Waals surface area contributed by atoms with Gasteiger partial charge in [-0.05, 0) is 46.0 Å². The summed E-state index contributed by atoms with van der Waals surface area (Å²) in [5.41, 5.74) is 3.50. The molecule has 0 atom stereocenters. The van der Waals surface area contributed by atoms with Crippen molar-refractivity contribution >= 4 is 39.6 Å².